The van der Waals surface area contributed by atoms with Gasteiger partial charge < -0.3 is 15.8 Å². The number of carbonyl (C=O) groups excluding carboxylic acids is 1. The highest BCUT2D eigenvalue weighted by Crippen LogP contribution is 2.38. The highest BCUT2D eigenvalue weighted by molar-refractivity contribution is 6.37. The number of hydrogen-bond donors (Lipinski definition) is 2. The van der Waals surface area contributed by atoms with Crippen LogP contribution in [0.1, 0.15) is 23.2 Å². The predicted molar refractivity (Wildman–Crippen MR) is 99.9 cm³/mol. The van der Waals surface area contributed by atoms with Gasteiger partial charge in [0.2, 0.25) is 5.95 Å². The Morgan fingerprint density at radius 1 is 1.19 bits per heavy atom. The number of nitrogens with zero attached hydrogens (tertiary/aromatic N) is 3. The molecule has 1 aliphatic heterocycles. The molecule has 0 fully saturated rings. The molecule has 0 aliphatic carbocycles. The standard InChI is InChI=1S/C17H15Cl2N5O2/c18-11-7-12(19)14-6-10(11)15-13-5-9(8-24(13)23-17(20)22-15)16(25)21-3-1-2-4-26-14/h5-8H,1-4H2,(H2,20,23)(H,21,25). The molecule has 0 saturated heterocycles. The number of amides is 1. The van der Waals surface area contributed by atoms with Crippen LogP contribution < -0.4 is 15.8 Å². The molecule has 26 heavy (non-hydrogen) atoms. The topological polar surface area (TPSA) is 94.5 Å². The molecule has 0 unspecified atom stereocenters. The Kier molecular flexibility index (Phi) is 4.34. The Bertz CT molecular complexity index is 1020. The number of benzene rings is 1. The molecule has 0 atom stereocenters. The second kappa shape index (κ2) is 6.66. The number of nitrogens with one attached hydrogen (secondary N) is 1. The zero-order valence-corrected chi connectivity index (χ0v) is 15.1. The molecule has 0 saturated carbocycles. The second-order valence-corrected chi connectivity index (χ2v) is 6.77. The first kappa shape index (κ1) is 16.9. The molecular weight excluding hydrogens is 377 g/mol. The van der Waals surface area contributed by atoms with E-state index in [0.717, 1.165) is 12.8 Å². The first-order valence-corrected chi connectivity index (χ1v) is 8.85. The van der Waals surface area contributed by atoms with Crippen LogP contribution in [0, 0.1) is 0 Å². The van der Waals surface area contributed by atoms with Crippen molar-refractivity contribution in [2.45, 2.75) is 12.8 Å². The summed E-state index contributed by atoms with van der Waals surface area (Å²) >= 11 is 12.7. The molecule has 3 heterocycles. The summed E-state index contributed by atoms with van der Waals surface area (Å²) < 4.78 is 7.31. The lowest BCUT2D eigenvalue weighted by atomic mass is 10.1. The summed E-state index contributed by atoms with van der Waals surface area (Å²) in [6, 6.07) is 5.07. The molecule has 4 bridgehead atoms. The zero-order valence-electron chi connectivity index (χ0n) is 13.6. The third-order valence-electron chi connectivity index (χ3n) is 4.13. The third kappa shape index (κ3) is 3.04. The Morgan fingerprint density at radius 2 is 2.04 bits per heavy atom. The van der Waals surface area contributed by atoms with Crippen LogP contribution in [0.25, 0.3) is 16.8 Å². The summed E-state index contributed by atoms with van der Waals surface area (Å²) in [5, 5.41) is 7.86. The molecule has 1 aliphatic rings. The van der Waals surface area contributed by atoms with E-state index < -0.39 is 0 Å². The average molecular weight is 392 g/mol. The Balaban J connectivity index is 1.98. The summed E-state index contributed by atoms with van der Waals surface area (Å²) in [6.07, 6.45) is 3.18. The fourth-order valence-electron chi connectivity index (χ4n) is 2.87. The monoisotopic (exact) mass is 391 g/mol. The van der Waals surface area contributed by atoms with Crippen LogP contribution in [0.5, 0.6) is 5.75 Å². The molecule has 1 aromatic carbocycles. The van der Waals surface area contributed by atoms with Gasteiger partial charge in [0.25, 0.3) is 5.91 Å². The Hall–Kier alpha value is -2.51. The molecular formula is C17H15Cl2N5O2. The van der Waals surface area contributed by atoms with Crippen LogP contribution in [0.4, 0.5) is 5.95 Å². The first-order valence-electron chi connectivity index (χ1n) is 8.09. The van der Waals surface area contributed by atoms with E-state index in [1.165, 1.54) is 4.52 Å². The number of nitrogen functional groups attached to an aromatic ring is 1. The summed E-state index contributed by atoms with van der Waals surface area (Å²) in [5.74, 6) is 0.406. The lowest BCUT2D eigenvalue weighted by Gasteiger charge is -2.13. The van der Waals surface area contributed by atoms with E-state index in [9.17, 15) is 4.79 Å². The molecule has 2 aromatic heterocycles. The van der Waals surface area contributed by atoms with E-state index in [4.69, 9.17) is 33.7 Å². The minimum Gasteiger partial charge on any atom is -0.492 e. The largest absolute Gasteiger partial charge is 0.492 e. The zero-order chi connectivity index (χ0) is 18.3. The fraction of sp³-hybridized carbons (Fsp3) is 0.235. The number of fused-ring (bicyclic) bond motifs is 4. The van der Waals surface area contributed by atoms with Crippen molar-refractivity contribution in [2.75, 3.05) is 18.9 Å². The molecule has 3 N–H and O–H groups in total. The maximum atomic E-state index is 12.4. The van der Waals surface area contributed by atoms with Gasteiger partial charge in [-0.2, -0.15) is 0 Å². The van der Waals surface area contributed by atoms with Gasteiger partial charge in [-0.1, -0.05) is 23.2 Å². The maximum absolute atomic E-state index is 12.4. The summed E-state index contributed by atoms with van der Waals surface area (Å²) in [7, 11) is 0. The minimum absolute atomic E-state index is 0.0628. The minimum atomic E-state index is -0.180. The van der Waals surface area contributed by atoms with Crippen molar-refractivity contribution in [3.8, 4) is 17.0 Å². The van der Waals surface area contributed by atoms with E-state index in [1.54, 1.807) is 24.4 Å². The van der Waals surface area contributed by atoms with E-state index >= 15 is 0 Å². The number of anilines is 1. The smallest absolute Gasteiger partial charge is 0.252 e. The van der Waals surface area contributed by atoms with Crippen LogP contribution in [0.2, 0.25) is 10.0 Å². The maximum Gasteiger partial charge on any atom is 0.252 e. The predicted octanol–water partition coefficient (Wildman–Crippen LogP) is 3.19. The molecule has 0 radical (unpaired) electrons. The molecule has 1 amide bonds. The number of rotatable bonds is 0. The van der Waals surface area contributed by atoms with Crippen molar-refractivity contribution in [1.29, 1.82) is 0 Å². The first-order chi connectivity index (χ1) is 12.5. The second-order valence-electron chi connectivity index (χ2n) is 5.95. The van der Waals surface area contributed by atoms with Gasteiger partial charge in [0.05, 0.1) is 27.7 Å². The summed E-state index contributed by atoms with van der Waals surface area (Å²) in [4.78, 5) is 16.7. The van der Waals surface area contributed by atoms with Crippen molar-refractivity contribution < 1.29 is 9.53 Å². The molecule has 4 rings (SSSR count). The molecule has 0 spiro atoms. The lowest BCUT2D eigenvalue weighted by Crippen LogP contribution is -2.24. The summed E-state index contributed by atoms with van der Waals surface area (Å²) in [6.45, 7) is 1.03. The molecule has 9 heteroatoms. The van der Waals surface area contributed by atoms with Crippen molar-refractivity contribution in [2.24, 2.45) is 0 Å². The van der Waals surface area contributed by atoms with Crippen LogP contribution in [0.3, 0.4) is 0 Å². The number of hydrogen-bond acceptors (Lipinski definition) is 5. The van der Waals surface area contributed by atoms with Gasteiger partial charge in [0, 0.05) is 18.3 Å². The van der Waals surface area contributed by atoms with Gasteiger partial charge in [0.15, 0.2) is 0 Å². The van der Waals surface area contributed by atoms with E-state index in [0.29, 0.717) is 51.3 Å². The van der Waals surface area contributed by atoms with Crippen molar-refractivity contribution in [3.05, 3.63) is 40.0 Å². The quantitative estimate of drug-likeness (QED) is 0.613. The molecule has 7 nitrogen and oxygen atoms in total. The van der Waals surface area contributed by atoms with Crippen molar-refractivity contribution >= 4 is 40.6 Å². The van der Waals surface area contributed by atoms with Gasteiger partial charge in [-0.05, 0) is 31.0 Å². The number of aromatic nitrogens is 3. The lowest BCUT2D eigenvalue weighted by molar-refractivity contribution is 0.0952. The van der Waals surface area contributed by atoms with Gasteiger partial charge in [-0.25, -0.2) is 9.50 Å². The highest BCUT2D eigenvalue weighted by Gasteiger charge is 2.19. The van der Waals surface area contributed by atoms with E-state index in [-0.39, 0.29) is 11.9 Å². The van der Waals surface area contributed by atoms with Gasteiger partial charge >= 0.3 is 0 Å². The van der Waals surface area contributed by atoms with Crippen LogP contribution in [-0.2, 0) is 0 Å². The van der Waals surface area contributed by atoms with Gasteiger partial charge in [0.1, 0.15) is 11.4 Å². The van der Waals surface area contributed by atoms with Crippen LogP contribution in [-0.4, -0.2) is 33.7 Å². The fourth-order valence-corrected chi connectivity index (χ4v) is 3.40. The van der Waals surface area contributed by atoms with Gasteiger partial charge in [-0.15, -0.1) is 5.10 Å². The van der Waals surface area contributed by atoms with Crippen LogP contribution >= 0.6 is 23.2 Å². The molecule has 3 aromatic rings. The Morgan fingerprint density at radius 3 is 2.88 bits per heavy atom. The van der Waals surface area contributed by atoms with E-state index in [2.05, 4.69) is 15.4 Å². The number of nitrogens with two attached hydrogens (primary N) is 1. The highest BCUT2D eigenvalue weighted by atomic mass is 35.5. The van der Waals surface area contributed by atoms with E-state index in [1.807, 2.05) is 0 Å². The normalized spacial score (nSPS) is 14.8. The van der Waals surface area contributed by atoms with Crippen LogP contribution in [0.15, 0.2) is 24.4 Å². The number of carbonyl (C=O) groups is 1. The number of halogens is 2. The summed E-state index contributed by atoms with van der Waals surface area (Å²) in [5.41, 5.74) is 8.04. The van der Waals surface area contributed by atoms with Crippen molar-refractivity contribution in [1.82, 2.24) is 19.9 Å². The Labute approximate surface area is 159 Å². The van der Waals surface area contributed by atoms with Gasteiger partial charge in [-0.3, -0.25) is 4.79 Å². The SMILES string of the molecule is Nc1nc2c3cc(cn3n1)C(=O)NCCCCOc1cc-2c(Cl)cc1Cl. The average Bonchev–Trinajstić information content (AvgIpc) is 3.02. The van der Waals surface area contributed by atoms with Crippen molar-refractivity contribution in [3.63, 3.8) is 0 Å². The number of ether oxygens (including phenoxy) is 1. The molecule has 134 valence electrons. The third-order valence-corrected chi connectivity index (χ3v) is 4.74.